The van der Waals surface area contributed by atoms with Crippen molar-refractivity contribution in [2.45, 2.75) is 32.7 Å². The van der Waals surface area contributed by atoms with Crippen LogP contribution < -0.4 is 10.2 Å². The van der Waals surface area contributed by atoms with Gasteiger partial charge in [-0.1, -0.05) is 25.1 Å². The number of rotatable bonds is 5. The van der Waals surface area contributed by atoms with Gasteiger partial charge in [-0.3, -0.25) is 0 Å². The van der Waals surface area contributed by atoms with E-state index in [4.69, 9.17) is 0 Å². The summed E-state index contributed by atoms with van der Waals surface area (Å²) in [5, 5.41) is 12.9. The van der Waals surface area contributed by atoms with E-state index in [1.807, 2.05) is 0 Å². The van der Waals surface area contributed by atoms with Gasteiger partial charge in [0, 0.05) is 31.4 Å². The normalized spacial score (nSPS) is 21.4. The van der Waals surface area contributed by atoms with Crippen LogP contribution in [-0.4, -0.2) is 31.3 Å². The second kappa shape index (κ2) is 6.92. The van der Waals surface area contributed by atoms with Gasteiger partial charge in [-0.05, 0) is 43.9 Å². The quantitative estimate of drug-likeness (QED) is 0.856. The van der Waals surface area contributed by atoms with Gasteiger partial charge in [-0.25, -0.2) is 0 Å². The van der Waals surface area contributed by atoms with Crippen LogP contribution in [0.15, 0.2) is 24.3 Å². The lowest BCUT2D eigenvalue weighted by molar-refractivity contribution is 0.208. The van der Waals surface area contributed by atoms with Gasteiger partial charge >= 0.3 is 0 Å². The maximum absolute atomic E-state index is 9.38. The molecule has 2 N–H and O–H groups in total. The van der Waals surface area contributed by atoms with Crippen LogP contribution in [-0.2, 0) is 0 Å². The second-order valence-corrected chi connectivity index (χ2v) is 5.48. The van der Waals surface area contributed by atoms with Crippen molar-refractivity contribution in [1.29, 1.82) is 0 Å². The summed E-state index contributed by atoms with van der Waals surface area (Å²) in [6.07, 6.45) is 2.33. The molecule has 1 heterocycles. The summed E-state index contributed by atoms with van der Waals surface area (Å²) in [6, 6.07) is 9.02. The molecule has 19 heavy (non-hydrogen) atoms. The molecule has 2 atom stereocenters. The van der Waals surface area contributed by atoms with Gasteiger partial charge in [0.25, 0.3) is 0 Å². The number of hydrogen-bond acceptors (Lipinski definition) is 3. The maximum atomic E-state index is 9.38. The van der Waals surface area contributed by atoms with Crippen molar-refractivity contribution >= 4 is 5.69 Å². The first kappa shape index (κ1) is 14.4. The molecule has 2 rings (SSSR count). The predicted molar refractivity (Wildman–Crippen MR) is 80.6 cm³/mol. The Morgan fingerprint density at radius 1 is 1.42 bits per heavy atom. The highest BCUT2D eigenvalue weighted by Crippen LogP contribution is 2.29. The average molecular weight is 262 g/mol. The number of aliphatic hydroxyl groups excluding tert-OH is 1. The summed E-state index contributed by atoms with van der Waals surface area (Å²) in [4.78, 5) is 2.44. The van der Waals surface area contributed by atoms with E-state index in [-0.39, 0.29) is 0 Å². The fourth-order valence-electron chi connectivity index (χ4n) is 2.99. The first-order valence-corrected chi connectivity index (χ1v) is 7.44. The van der Waals surface area contributed by atoms with E-state index in [1.165, 1.54) is 17.7 Å². The first-order chi connectivity index (χ1) is 9.26. The Labute approximate surface area is 116 Å². The molecule has 1 saturated heterocycles. The fourth-order valence-corrected chi connectivity index (χ4v) is 2.99. The Kier molecular flexibility index (Phi) is 5.23. The molecule has 0 saturated carbocycles. The highest BCUT2D eigenvalue weighted by molar-refractivity contribution is 5.55. The Balaban J connectivity index is 2.18. The van der Waals surface area contributed by atoms with Crippen LogP contribution in [0.25, 0.3) is 0 Å². The molecular weight excluding hydrogens is 236 g/mol. The lowest BCUT2D eigenvalue weighted by Crippen LogP contribution is -2.37. The van der Waals surface area contributed by atoms with E-state index < -0.39 is 0 Å². The average Bonchev–Trinajstić information content (AvgIpc) is 2.47. The van der Waals surface area contributed by atoms with Gasteiger partial charge in [0.2, 0.25) is 0 Å². The monoisotopic (exact) mass is 262 g/mol. The van der Waals surface area contributed by atoms with E-state index >= 15 is 0 Å². The molecule has 1 aliphatic heterocycles. The number of nitrogens with zero attached hydrogens (tertiary/aromatic N) is 1. The zero-order chi connectivity index (χ0) is 13.7. The lowest BCUT2D eigenvalue weighted by Gasteiger charge is -2.35. The molecule has 1 aromatic carbocycles. The first-order valence-electron chi connectivity index (χ1n) is 7.44. The summed E-state index contributed by atoms with van der Waals surface area (Å²) in [7, 11) is 0. The topological polar surface area (TPSA) is 35.5 Å². The molecular formula is C16H26N2O. The number of aliphatic hydroxyl groups is 1. The van der Waals surface area contributed by atoms with Gasteiger partial charge in [0.1, 0.15) is 0 Å². The molecule has 3 heteroatoms. The van der Waals surface area contributed by atoms with Gasteiger partial charge in [-0.15, -0.1) is 0 Å². The maximum Gasteiger partial charge on any atom is 0.0476 e. The van der Waals surface area contributed by atoms with E-state index in [0.717, 1.165) is 26.1 Å². The van der Waals surface area contributed by atoms with Crippen LogP contribution in [0.3, 0.4) is 0 Å². The zero-order valence-corrected chi connectivity index (χ0v) is 12.1. The minimum Gasteiger partial charge on any atom is -0.396 e. The van der Waals surface area contributed by atoms with E-state index in [1.54, 1.807) is 0 Å². The summed E-state index contributed by atoms with van der Waals surface area (Å²) in [5.74, 6) is 0.427. The number of hydrogen-bond donors (Lipinski definition) is 2. The van der Waals surface area contributed by atoms with Crippen LogP contribution in [0.5, 0.6) is 0 Å². The molecule has 0 bridgehead atoms. The number of nitrogens with one attached hydrogen (secondary N) is 1. The highest BCUT2D eigenvalue weighted by Gasteiger charge is 2.22. The van der Waals surface area contributed by atoms with Crippen molar-refractivity contribution in [1.82, 2.24) is 5.32 Å². The minimum absolute atomic E-state index is 0.307. The molecule has 3 nitrogen and oxygen atoms in total. The van der Waals surface area contributed by atoms with E-state index in [2.05, 4.69) is 48.3 Å². The standard InChI is InChI=1S/C16H26N2O/c1-3-17-13(2)15-8-4-5-9-16(15)18-10-6-7-14(11-18)12-19/h4-5,8-9,13-14,17,19H,3,6-7,10-12H2,1-2H3. The molecule has 1 aliphatic rings. The molecule has 0 aromatic heterocycles. The molecule has 1 fully saturated rings. The molecule has 0 aliphatic carbocycles. The zero-order valence-electron chi connectivity index (χ0n) is 12.1. The number of benzene rings is 1. The third-order valence-corrected chi connectivity index (χ3v) is 4.03. The minimum atomic E-state index is 0.307. The van der Waals surface area contributed by atoms with Crippen molar-refractivity contribution in [3.05, 3.63) is 29.8 Å². The van der Waals surface area contributed by atoms with Crippen LogP contribution in [0.2, 0.25) is 0 Å². The van der Waals surface area contributed by atoms with Crippen molar-refractivity contribution in [2.24, 2.45) is 5.92 Å². The number of anilines is 1. The Morgan fingerprint density at radius 2 is 2.21 bits per heavy atom. The lowest BCUT2D eigenvalue weighted by atomic mass is 9.96. The van der Waals surface area contributed by atoms with Crippen molar-refractivity contribution in [3.63, 3.8) is 0 Å². The Morgan fingerprint density at radius 3 is 2.95 bits per heavy atom. The van der Waals surface area contributed by atoms with Gasteiger partial charge in [-0.2, -0.15) is 0 Å². The van der Waals surface area contributed by atoms with Crippen LogP contribution >= 0.6 is 0 Å². The molecule has 0 amide bonds. The predicted octanol–water partition coefficient (Wildman–Crippen LogP) is 2.57. The second-order valence-electron chi connectivity index (χ2n) is 5.48. The number of piperidine rings is 1. The summed E-state index contributed by atoms with van der Waals surface area (Å²) < 4.78 is 0. The van der Waals surface area contributed by atoms with Gasteiger partial charge in [0.15, 0.2) is 0 Å². The summed E-state index contributed by atoms with van der Waals surface area (Å²) in [5.41, 5.74) is 2.69. The number of para-hydroxylation sites is 1. The molecule has 106 valence electrons. The Bertz CT molecular complexity index is 394. The van der Waals surface area contributed by atoms with Crippen LogP contribution in [0, 0.1) is 5.92 Å². The molecule has 2 unspecified atom stereocenters. The van der Waals surface area contributed by atoms with Gasteiger partial charge < -0.3 is 15.3 Å². The molecule has 0 spiro atoms. The molecule has 0 radical (unpaired) electrons. The van der Waals surface area contributed by atoms with Crippen molar-refractivity contribution < 1.29 is 5.11 Å². The van der Waals surface area contributed by atoms with Crippen LogP contribution in [0.4, 0.5) is 5.69 Å². The third-order valence-electron chi connectivity index (χ3n) is 4.03. The molecule has 1 aromatic rings. The Hall–Kier alpha value is -1.06. The SMILES string of the molecule is CCNC(C)c1ccccc1N1CCCC(CO)C1. The van der Waals surface area contributed by atoms with Crippen molar-refractivity contribution in [2.75, 3.05) is 31.1 Å². The smallest absolute Gasteiger partial charge is 0.0476 e. The highest BCUT2D eigenvalue weighted by atomic mass is 16.3. The fraction of sp³-hybridized carbons (Fsp3) is 0.625. The van der Waals surface area contributed by atoms with E-state index in [0.29, 0.717) is 18.6 Å². The summed E-state index contributed by atoms with van der Waals surface area (Å²) >= 11 is 0. The summed E-state index contributed by atoms with van der Waals surface area (Å²) in [6.45, 7) is 7.73. The third kappa shape index (κ3) is 3.48. The van der Waals surface area contributed by atoms with E-state index in [9.17, 15) is 5.11 Å². The van der Waals surface area contributed by atoms with Gasteiger partial charge in [0.05, 0.1) is 0 Å². The van der Waals surface area contributed by atoms with Crippen molar-refractivity contribution in [3.8, 4) is 0 Å². The largest absolute Gasteiger partial charge is 0.396 e. The van der Waals surface area contributed by atoms with Crippen LogP contribution in [0.1, 0.15) is 38.3 Å².